The second-order valence-electron chi connectivity index (χ2n) is 6.62. The number of imidazole rings is 1. The third-order valence-electron chi connectivity index (χ3n) is 3.36. The maximum Gasteiger partial charge on any atom is 0.120 e. The van der Waals surface area contributed by atoms with Crippen LogP contribution >= 0.6 is 0 Å². The van der Waals surface area contributed by atoms with Crippen LogP contribution in [-0.2, 0) is 6.54 Å². The third kappa shape index (κ3) is 3.48. The van der Waals surface area contributed by atoms with Crippen molar-refractivity contribution in [1.29, 1.82) is 0 Å². The highest BCUT2D eigenvalue weighted by atomic mass is 15.0. The van der Waals surface area contributed by atoms with Crippen LogP contribution in [0.4, 0.5) is 0 Å². The summed E-state index contributed by atoms with van der Waals surface area (Å²) < 4.78 is 0. The van der Waals surface area contributed by atoms with Gasteiger partial charge in [-0.2, -0.15) is 0 Å². The highest BCUT2D eigenvalue weighted by Crippen LogP contribution is 2.26. The maximum absolute atomic E-state index is 4.48. The van der Waals surface area contributed by atoms with Gasteiger partial charge < -0.3 is 10.3 Å². The van der Waals surface area contributed by atoms with Crippen LogP contribution in [0.1, 0.15) is 43.3 Å². The fraction of sp³-hybridized carbons (Fsp3) is 0.471. The SMILES string of the molecule is Cc1cc(C)c(-c2cnc(CNC(C)(C)C)[nH]2)c(C)c1. The predicted molar refractivity (Wildman–Crippen MR) is 84.8 cm³/mol. The van der Waals surface area contributed by atoms with Gasteiger partial charge in [0.1, 0.15) is 5.82 Å². The summed E-state index contributed by atoms with van der Waals surface area (Å²) in [6.45, 7) is 13.7. The van der Waals surface area contributed by atoms with Gasteiger partial charge in [0.25, 0.3) is 0 Å². The average molecular weight is 271 g/mol. The van der Waals surface area contributed by atoms with Gasteiger partial charge in [0.2, 0.25) is 0 Å². The molecule has 0 saturated carbocycles. The van der Waals surface area contributed by atoms with E-state index < -0.39 is 0 Å². The van der Waals surface area contributed by atoms with Crippen LogP contribution in [-0.4, -0.2) is 15.5 Å². The molecule has 1 aromatic heterocycles. The number of benzene rings is 1. The molecule has 20 heavy (non-hydrogen) atoms. The quantitative estimate of drug-likeness (QED) is 0.889. The van der Waals surface area contributed by atoms with Crippen molar-refractivity contribution in [2.24, 2.45) is 0 Å². The fourth-order valence-corrected chi connectivity index (χ4v) is 2.53. The van der Waals surface area contributed by atoms with E-state index in [1.165, 1.54) is 22.3 Å². The van der Waals surface area contributed by atoms with E-state index in [1.807, 2.05) is 6.20 Å². The molecule has 0 amide bonds. The van der Waals surface area contributed by atoms with Crippen LogP contribution in [0.25, 0.3) is 11.3 Å². The average Bonchev–Trinajstić information content (AvgIpc) is 2.72. The molecule has 2 N–H and O–H groups in total. The smallest absolute Gasteiger partial charge is 0.120 e. The Kier molecular flexibility index (Phi) is 4.00. The molecule has 0 fully saturated rings. The lowest BCUT2D eigenvalue weighted by Gasteiger charge is -2.19. The second kappa shape index (κ2) is 5.41. The summed E-state index contributed by atoms with van der Waals surface area (Å²) in [5.74, 6) is 0.981. The molecule has 0 aliphatic carbocycles. The first-order chi connectivity index (χ1) is 9.26. The number of hydrogen-bond donors (Lipinski definition) is 2. The molecule has 0 aliphatic rings. The van der Waals surface area contributed by atoms with Crippen molar-refractivity contribution in [3.63, 3.8) is 0 Å². The number of nitrogens with zero attached hydrogens (tertiary/aromatic N) is 1. The lowest BCUT2D eigenvalue weighted by Crippen LogP contribution is -2.35. The van der Waals surface area contributed by atoms with Crippen LogP contribution in [0.2, 0.25) is 0 Å². The number of aromatic nitrogens is 2. The monoisotopic (exact) mass is 271 g/mol. The van der Waals surface area contributed by atoms with Crippen molar-refractivity contribution < 1.29 is 0 Å². The zero-order valence-electron chi connectivity index (χ0n) is 13.4. The highest BCUT2D eigenvalue weighted by molar-refractivity contribution is 5.67. The van der Waals surface area contributed by atoms with E-state index in [4.69, 9.17) is 0 Å². The maximum atomic E-state index is 4.48. The number of nitrogens with one attached hydrogen (secondary N) is 2. The van der Waals surface area contributed by atoms with Gasteiger partial charge in [0, 0.05) is 11.1 Å². The first-order valence-corrected chi connectivity index (χ1v) is 7.13. The second-order valence-corrected chi connectivity index (χ2v) is 6.62. The van der Waals surface area contributed by atoms with Gasteiger partial charge >= 0.3 is 0 Å². The van der Waals surface area contributed by atoms with Crippen molar-refractivity contribution in [1.82, 2.24) is 15.3 Å². The molecule has 0 bridgehead atoms. The zero-order valence-corrected chi connectivity index (χ0v) is 13.4. The Morgan fingerprint density at radius 1 is 1.10 bits per heavy atom. The van der Waals surface area contributed by atoms with E-state index in [0.717, 1.165) is 18.1 Å². The summed E-state index contributed by atoms with van der Waals surface area (Å²) in [5, 5.41) is 3.45. The fourth-order valence-electron chi connectivity index (χ4n) is 2.53. The van der Waals surface area contributed by atoms with Gasteiger partial charge in [0.05, 0.1) is 18.4 Å². The molecule has 2 aromatic rings. The Labute approximate surface area is 121 Å². The molecule has 3 heteroatoms. The van der Waals surface area contributed by atoms with E-state index in [-0.39, 0.29) is 5.54 Å². The minimum atomic E-state index is 0.0998. The summed E-state index contributed by atoms with van der Waals surface area (Å²) in [7, 11) is 0. The number of rotatable bonds is 3. The first kappa shape index (κ1) is 14.8. The number of hydrogen-bond acceptors (Lipinski definition) is 2. The minimum absolute atomic E-state index is 0.0998. The molecule has 2 rings (SSSR count). The summed E-state index contributed by atoms with van der Waals surface area (Å²) in [4.78, 5) is 7.91. The predicted octanol–water partition coefficient (Wildman–Crippen LogP) is 3.89. The molecule has 0 atom stereocenters. The van der Waals surface area contributed by atoms with Crippen LogP contribution in [0.3, 0.4) is 0 Å². The van der Waals surface area contributed by atoms with E-state index in [1.54, 1.807) is 0 Å². The van der Waals surface area contributed by atoms with Gasteiger partial charge in [0.15, 0.2) is 0 Å². The summed E-state index contributed by atoms with van der Waals surface area (Å²) in [5.41, 5.74) is 6.36. The van der Waals surface area contributed by atoms with Crippen molar-refractivity contribution in [2.45, 2.75) is 53.6 Å². The van der Waals surface area contributed by atoms with Crippen molar-refractivity contribution in [3.05, 3.63) is 40.8 Å². The number of H-pyrrole nitrogens is 1. The van der Waals surface area contributed by atoms with E-state index in [0.29, 0.717) is 0 Å². The molecule has 0 radical (unpaired) electrons. The van der Waals surface area contributed by atoms with Gasteiger partial charge in [-0.15, -0.1) is 0 Å². The Bertz CT molecular complexity index is 580. The lowest BCUT2D eigenvalue weighted by atomic mass is 9.98. The van der Waals surface area contributed by atoms with E-state index in [9.17, 15) is 0 Å². The first-order valence-electron chi connectivity index (χ1n) is 7.13. The van der Waals surface area contributed by atoms with Crippen molar-refractivity contribution in [3.8, 4) is 11.3 Å². The third-order valence-corrected chi connectivity index (χ3v) is 3.36. The highest BCUT2D eigenvalue weighted by Gasteiger charge is 2.12. The standard InChI is InChI=1S/C17H25N3/c1-11-7-12(2)16(13(3)8-11)14-9-18-15(20-14)10-19-17(4,5)6/h7-9,19H,10H2,1-6H3,(H,18,20). The topological polar surface area (TPSA) is 40.7 Å². The molecule has 108 valence electrons. The summed E-state index contributed by atoms with van der Waals surface area (Å²) in [6.07, 6.45) is 1.93. The van der Waals surface area contributed by atoms with E-state index in [2.05, 4.69) is 69.0 Å². The molecule has 0 spiro atoms. The van der Waals surface area contributed by atoms with Crippen LogP contribution < -0.4 is 5.32 Å². The molecular weight excluding hydrogens is 246 g/mol. The number of aromatic amines is 1. The van der Waals surface area contributed by atoms with Crippen molar-refractivity contribution in [2.75, 3.05) is 0 Å². The van der Waals surface area contributed by atoms with Gasteiger partial charge in [-0.05, 0) is 52.7 Å². The largest absolute Gasteiger partial charge is 0.341 e. The molecular formula is C17H25N3. The Hall–Kier alpha value is -1.61. The van der Waals surface area contributed by atoms with Gasteiger partial charge in [-0.1, -0.05) is 17.7 Å². The molecule has 3 nitrogen and oxygen atoms in total. The Balaban J connectivity index is 2.25. The Morgan fingerprint density at radius 3 is 2.25 bits per heavy atom. The van der Waals surface area contributed by atoms with Crippen LogP contribution in [0.5, 0.6) is 0 Å². The molecule has 1 heterocycles. The van der Waals surface area contributed by atoms with Gasteiger partial charge in [-0.3, -0.25) is 0 Å². The summed E-state index contributed by atoms with van der Waals surface area (Å²) in [6, 6.07) is 4.44. The minimum Gasteiger partial charge on any atom is -0.341 e. The zero-order chi connectivity index (χ0) is 14.9. The van der Waals surface area contributed by atoms with Crippen LogP contribution in [0.15, 0.2) is 18.3 Å². The van der Waals surface area contributed by atoms with Crippen molar-refractivity contribution >= 4 is 0 Å². The lowest BCUT2D eigenvalue weighted by molar-refractivity contribution is 0.418. The molecule has 1 aromatic carbocycles. The van der Waals surface area contributed by atoms with E-state index >= 15 is 0 Å². The van der Waals surface area contributed by atoms with Crippen LogP contribution in [0, 0.1) is 20.8 Å². The molecule has 0 aliphatic heterocycles. The Morgan fingerprint density at radius 2 is 1.70 bits per heavy atom. The number of aryl methyl sites for hydroxylation is 3. The van der Waals surface area contributed by atoms with Gasteiger partial charge in [-0.25, -0.2) is 4.98 Å². The normalized spacial score (nSPS) is 11.9. The summed E-state index contributed by atoms with van der Waals surface area (Å²) >= 11 is 0. The molecule has 0 saturated heterocycles. The molecule has 0 unspecified atom stereocenters.